The molecule has 1 aliphatic rings. The van der Waals surface area contributed by atoms with Gasteiger partial charge < -0.3 is 5.32 Å². The van der Waals surface area contributed by atoms with E-state index < -0.39 is 0 Å². The maximum atomic E-state index is 9.06. The number of nitrogens with one attached hydrogen (secondary N) is 1. The van der Waals surface area contributed by atoms with Crippen molar-refractivity contribution in [1.82, 2.24) is 19.5 Å². The minimum absolute atomic E-state index is 0.193. The van der Waals surface area contributed by atoms with Crippen molar-refractivity contribution in [3.63, 3.8) is 0 Å². The smallest absolute Gasteiger partial charge is 0.162 e. The van der Waals surface area contributed by atoms with Crippen LogP contribution in [0, 0.1) is 11.3 Å². The molecule has 0 bridgehead atoms. The molecule has 6 heteroatoms. The van der Waals surface area contributed by atoms with Crippen molar-refractivity contribution < 1.29 is 0 Å². The molecule has 1 saturated heterocycles. The third-order valence-corrected chi connectivity index (χ3v) is 4.23. The van der Waals surface area contributed by atoms with Crippen LogP contribution in [0.2, 0.25) is 0 Å². The Hall–Kier alpha value is -2.13. The van der Waals surface area contributed by atoms with Gasteiger partial charge in [0, 0.05) is 18.1 Å². The number of imidazole rings is 1. The molecule has 1 atom stereocenters. The quantitative estimate of drug-likeness (QED) is 0.941. The second-order valence-corrected chi connectivity index (χ2v) is 6.78. The standard InChI is InChI=1S/C16H22N6/c1-16(2,3)21-8-4-5-12(21)10-18-14-6-7-15-19-11-13(9-17)22(15)20-14/h6-7,11-12H,4-5,8,10H2,1-3H3,(H,18,20)/t12-/m0/s1. The van der Waals surface area contributed by atoms with Crippen LogP contribution in [0.15, 0.2) is 18.3 Å². The second kappa shape index (κ2) is 5.58. The topological polar surface area (TPSA) is 69.2 Å². The van der Waals surface area contributed by atoms with Crippen LogP contribution in [0.4, 0.5) is 5.82 Å². The molecule has 0 amide bonds. The summed E-state index contributed by atoms with van der Waals surface area (Å²) in [6.45, 7) is 8.82. The van der Waals surface area contributed by atoms with Gasteiger partial charge in [0.15, 0.2) is 11.3 Å². The highest BCUT2D eigenvalue weighted by molar-refractivity contribution is 5.47. The molecule has 6 nitrogen and oxygen atoms in total. The SMILES string of the molecule is CC(C)(C)N1CCC[C@H]1CNc1ccc2ncc(C#N)n2n1. The molecule has 22 heavy (non-hydrogen) atoms. The summed E-state index contributed by atoms with van der Waals surface area (Å²) in [6.07, 6.45) is 4.00. The Morgan fingerprint density at radius 2 is 2.23 bits per heavy atom. The first-order chi connectivity index (χ1) is 10.5. The summed E-state index contributed by atoms with van der Waals surface area (Å²) < 4.78 is 1.58. The highest BCUT2D eigenvalue weighted by atomic mass is 15.3. The Bertz CT molecular complexity index is 705. The summed E-state index contributed by atoms with van der Waals surface area (Å²) in [5.74, 6) is 0.780. The van der Waals surface area contributed by atoms with E-state index in [-0.39, 0.29) is 5.54 Å². The van der Waals surface area contributed by atoms with E-state index in [1.54, 1.807) is 10.7 Å². The van der Waals surface area contributed by atoms with Crippen LogP contribution in [-0.2, 0) is 0 Å². The third-order valence-electron chi connectivity index (χ3n) is 4.23. The van der Waals surface area contributed by atoms with Gasteiger partial charge in [-0.2, -0.15) is 5.26 Å². The Balaban J connectivity index is 1.73. The van der Waals surface area contributed by atoms with Crippen LogP contribution in [0.3, 0.4) is 0 Å². The molecule has 3 rings (SSSR count). The van der Waals surface area contributed by atoms with Crippen molar-refractivity contribution in [3.8, 4) is 6.07 Å². The number of likely N-dealkylation sites (tertiary alicyclic amines) is 1. The maximum absolute atomic E-state index is 9.06. The lowest BCUT2D eigenvalue weighted by molar-refractivity contribution is 0.127. The molecule has 116 valence electrons. The molecule has 0 aliphatic carbocycles. The molecule has 2 aromatic heterocycles. The fourth-order valence-corrected chi connectivity index (χ4v) is 3.20. The van der Waals surface area contributed by atoms with Crippen LogP contribution in [0.1, 0.15) is 39.3 Å². The summed E-state index contributed by atoms with van der Waals surface area (Å²) in [4.78, 5) is 6.71. The van der Waals surface area contributed by atoms with Crippen molar-refractivity contribution in [2.45, 2.75) is 45.2 Å². The summed E-state index contributed by atoms with van der Waals surface area (Å²) in [7, 11) is 0. The lowest BCUT2D eigenvalue weighted by atomic mass is 10.0. The number of hydrogen-bond donors (Lipinski definition) is 1. The molecular weight excluding hydrogens is 276 g/mol. The van der Waals surface area contributed by atoms with Crippen molar-refractivity contribution in [3.05, 3.63) is 24.0 Å². The molecule has 1 aliphatic heterocycles. The Kier molecular flexibility index (Phi) is 3.75. The number of rotatable bonds is 3. The number of anilines is 1. The van der Waals surface area contributed by atoms with E-state index in [9.17, 15) is 0 Å². The van der Waals surface area contributed by atoms with E-state index in [0.717, 1.165) is 18.9 Å². The van der Waals surface area contributed by atoms with Gasteiger partial charge in [-0.25, -0.2) is 9.50 Å². The number of nitriles is 1. The van der Waals surface area contributed by atoms with Crippen LogP contribution in [-0.4, -0.2) is 44.2 Å². The molecular formula is C16H22N6. The van der Waals surface area contributed by atoms with E-state index in [2.05, 4.69) is 47.1 Å². The number of fused-ring (bicyclic) bond motifs is 1. The zero-order chi connectivity index (χ0) is 15.7. The van der Waals surface area contributed by atoms with Crippen LogP contribution < -0.4 is 5.32 Å². The predicted octanol–water partition coefficient (Wildman–Crippen LogP) is 2.28. The molecule has 0 unspecified atom stereocenters. The van der Waals surface area contributed by atoms with Crippen molar-refractivity contribution >= 4 is 11.5 Å². The van der Waals surface area contributed by atoms with Gasteiger partial charge in [-0.15, -0.1) is 5.10 Å². The second-order valence-electron chi connectivity index (χ2n) is 6.78. The predicted molar refractivity (Wildman–Crippen MR) is 85.7 cm³/mol. The van der Waals surface area contributed by atoms with Gasteiger partial charge in [-0.3, -0.25) is 4.90 Å². The minimum atomic E-state index is 0.193. The Labute approximate surface area is 130 Å². The molecule has 1 fully saturated rings. The largest absolute Gasteiger partial charge is 0.367 e. The van der Waals surface area contributed by atoms with Gasteiger partial charge in [0.2, 0.25) is 0 Å². The zero-order valence-electron chi connectivity index (χ0n) is 13.4. The highest BCUT2D eigenvalue weighted by Crippen LogP contribution is 2.26. The number of nitrogens with zero attached hydrogens (tertiary/aromatic N) is 5. The molecule has 0 aromatic carbocycles. The fourth-order valence-electron chi connectivity index (χ4n) is 3.20. The summed E-state index contributed by atoms with van der Waals surface area (Å²) in [5.41, 5.74) is 1.34. The van der Waals surface area contributed by atoms with Gasteiger partial charge in [0.25, 0.3) is 0 Å². The van der Waals surface area contributed by atoms with Crippen molar-refractivity contribution in [2.24, 2.45) is 0 Å². The molecule has 0 saturated carbocycles. The van der Waals surface area contributed by atoms with E-state index in [1.807, 2.05) is 12.1 Å². The van der Waals surface area contributed by atoms with Crippen LogP contribution in [0.25, 0.3) is 5.65 Å². The minimum Gasteiger partial charge on any atom is -0.367 e. The summed E-state index contributed by atoms with van der Waals surface area (Å²) >= 11 is 0. The molecule has 2 aromatic rings. The van der Waals surface area contributed by atoms with E-state index in [1.165, 1.54) is 12.8 Å². The first-order valence-corrected chi connectivity index (χ1v) is 7.74. The average Bonchev–Trinajstić information content (AvgIpc) is 3.10. The van der Waals surface area contributed by atoms with Crippen LogP contribution in [0.5, 0.6) is 0 Å². The zero-order valence-corrected chi connectivity index (χ0v) is 13.4. The van der Waals surface area contributed by atoms with E-state index in [4.69, 9.17) is 5.26 Å². The van der Waals surface area contributed by atoms with Crippen LogP contribution >= 0.6 is 0 Å². The summed E-state index contributed by atoms with van der Waals surface area (Å²) in [6, 6.07) is 6.42. The monoisotopic (exact) mass is 298 g/mol. The maximum Gasteiger partial charge on any atom is 0.162 e. The Morgan fingerprint density at radius 3 is 2.95 bits per heavy atom. The molecule has 3 heterocycles. The first kappa shape index (κ1) is 14.8. The number of hydrogen-bond acceptors (Lipinski definition) is 5. The molecule has 0 radical (unpaired) electrons. The van der Waals surface area contributed by atoms with Gasteiger partial charge in [0.1, 0.15) is 11.9 Å². The van der Waals surface area contributed by atoms with Gasteiger partial charge >= 0.3 is 0 Å². The van der Waals surface area contributed by atoms with Gasteiger partial charge in [-0.05, 0) is 52.3 Å². The van der Waals surface area contributed by atoms with Crippen molar-refractivity contribution in [1.29, 1.82) is 5.26 Å². The Morgan fingerprint density at radius 1 is 1.41 bits per heavy atom. The fraction of sp³-hybridized carbons (Fsp3) is 0.562. The van der Waals surface area contributed by atoms with Crippen molar-refractivity contribution in [2.75, 3.05) is 18.4 Å². The average molecular weight is 298 g/mol. The lowest BCUT2D eigenvalue weighted by Gasteiger charge is -2.37. The molecule has 1 N–H and O–H groups in total. The molecule has 0 spiro atoms. The lowest BCUT2D eigenvalue weighted by Crippen LogP contribution is -2.47. The summed E-state index contributed by atoms with van der Waals surface area (Å²) in [5, 5.41) is 16.9. The van der Waals surface area contributed by atoms with E-state index >= 15 is 0 Å². The number of aromatic nitrogens is 3. The van der Waals surface area contributed by atoms with E-state index in [0.29, 0.717) is 17.4 Å². The van der Waals surface area contributed by atoms with Gasteiger partial charge in [-0.1, -0.05) is 0 Å². The normalized spacial score (nSPS) is 19.5. The highest BCUT2D eigenvalue weighted by Gasteiger charge is 2.32. The third kappa shape index (κ3) is 2.77. The first-order valence-electron chi connectivity index (χ1n) is 7.74. The van der Waals surface area contributed by atoms with Gasteiger partial charge in [0.05, 0.1) is 6.20 Å².